The first-order valence-electron chi connectivity index (χ1n) is 12.7. The van der Waals surface area contributed by atoms with Gasteiger partial charge in [-0.15, -0.1) is 0 Å². The normalized spacial score (nSPS) is 15.2. The largest absolute Gasteiger partial charge is 0.460 e. The maximum atomic E-state index is 14.9. The van der Waals surface area contributed by atoms with Gasteiger partial charge in [0.15, 0.2) is 11.6 Å². The minimum absolute atomic E-state index is 0.115. The zero-order chi connectivity index (χ0) is 37.6. The van der Waals surface area contributed by atoms with Gasteiger partial charge in [0.1, 0.15) is 0 Å². The summed E-state index contributed by atoms with van der Waals surface area (Å²) < 4.78 is 234. The summed E-state index contributed by atoms with van der Waals surface area (Å²) in [6.07, 6.45) is -7.85. The molecule has 1 aliphatic carbocycles. The van der Waals surface area contributed by atoms with Gasteiger partial charge in [-0.05, 0) is 24.3 Å². The fourth-order valence-corrected chi connectivity index (χ4v) is 4.64. The Hall–Kier alpha value is -4.59. The van der Waals surface area contributed by atoms with Crippen LogP contribution in [0.4, 0.5) is 91.7 Å². The van der Waals surface area contributed by atoms with Crippen molar-refractivity contribution in [2.24, 2.45) is 0 Å². The molecule has 49 heavy (non-hydrogen) atoms. The summed E-state index contributed by atoms with van der Waals surface area (Å²) in [6, 6.07) is 7.79. The van der Waals surface area contributed by atoms with Crippen LogP contribution in [-0.2, 0) is 5.92 Å². The monoisotopic (exact) mass is 732 g/mol. The fraction of sp³-hybridized carbons (Fsp3) is 0.286. The first-order valence-corrected chi connectivity index (χ1v) is 12.7. The summed E-state index contributed by atoms with van der Waals surface area (Å²) >= 11 is 0. The number of hydrogen-bond acceptors (Lipinski definition) is 4. The van der Waals surface area contributed by atoms with E-state index in [1.54, 1.807) is 0 Å². The van der Waals surface area contributed by atoms with E-state index in [-0.39, 0.29) is 28.9 Å². The molecule has 0 saturated heterocycles. The van der Waals surface area contributed by atoms with Crippen molar-refractivity contribution in [3.8, 4) is 0 Å². The van der Waals surface area contributed by atoms with Crippen molar-refractivity contribution >= 4 is 28.6 Å². The lowest BCUT2D eigenvalue weighted by Crippen LogP contribution is -2.74. The van der Waals surface area contributed by atoms with E-state index in [1.165, 1.54) is 24.3 Å². The Bertz CT molecular complexity index is 1830. The van der Waals surface area contributed by atoms with E-state index in [9.17, 15) is 84.2 Å². The summed E-state index contributed by atoms with van der Waals surface area (Å²) in [5.41, 5.74) is 0.473. The lowest BCUT2D eigenvalue weighted by atomic mass is 9.82. The van der Waals surface area contributed by atoms with Crippen LogP contribution >= 0.6 is 0 Å². The quantitative estimate of drug-likeness (QED) is 0.133. The topological polar surface area (TPSA) is 72.2 Å². The summed E-state index contributed by atoms with van der Waals surface area (Å²) in [5, 5.41) is 2.20. The lowest BCUT2D eigenvalue weighted by Gasteiger charge is -2.42. The van der Waals surface area contributed by atoms with Crippen molar-refractivity contribution in [1.29, 1.82) is 0 Å². The fourth-order valence-electron chi connectivity index (χ4n) is 4.64. The Labute approximate surface area is 260 Å². The summed E-state index contributed by atoms with van der Waals surface area (Å²) in [5.74, 6) is -59.3. The molecule has 0 spiro atoms. The second-order valence-corrected chi connectivity index (χ2v) is 10.4. The molecule has 0 aromatic heterocycles. The summed E-state index contributed by atoms with van der Waals surface area (Å²) in [7, 11) is 0. The van der Waals surface area contributed by atoms with Gasteiger partial charge in [-0.1, -0.05) is 36.4 Å². The molecule has 266 valence electrons. The number of fused-ring (bicyclic) bond motifs is 2. The Morgan fingerprint density at radius 1 is 0.490 bits per heavy atom. The number of halogens is 17. The van der Waals surface area contributed by atoms with Crippen molar-refractivity contribution in [3.05, 3.63) is 88.5 Å². The molecule has 0 fully saturated rings. The van der Waals surface area contributed by atoms with Crippen LogP contribution in [0.3, 0.4) is 0 Å². The first-order chi connectivity index (χ1) is 22.0. The number of ketones is 2. The van der Waals surface area contributed by atoms with Crippen LogP contribution in [0.25, 0.3) is 0 Å². The number of rotatable bonds is 9. The predicted molar refractivity (Wildman–Crippen MR) is 134 cm³/mol. The van der Waals surface area contributed by atoms with E-state index in [4.69, 9.17) is 5.73 Å². The molecule has 4 rings (SSSR count). The summed E-state index contributed by atoms with van der Waals surface area (Å²) in [4.78, 5) is 26.2. The maximum Gasteiger partial charge on any atom is 0.460 e. The summed E-state index contributed by atoms with van der Waals surface area (Å²) in [6.45, 7) is 0. The molecule has 4 nitrogen and oxygen atoms in total. The van der Waals surface area contributed by atoms with Gasteiger partial charge in [0.05, 0.1) is 16.8 Å². The molecule has 0 unspecified atom stereocenters. The number of alkyl halides is 17. The van der Waals surface area contributed by atoms with Crippen molar-refractivity contribution < 1.29 is 84.2 Å². The maximum absolute atomic E-state index is 14.9. The van der Waals surface area contributed by atoms with Crippen LogP contribution in [-0.4, -0.2) is 53.3 Å². The molecule has 0 atom stereocenters. The van der Waals surface area contributed by atoms with Crippen molar-refractivity contribution in [3.63, 3.8) is 0 Å². The highest BCUT2D eigenvalue weighted by Gasteiger charge is 2.95. The molecule has 0 bridgehead atoms. The second-order valence-electron chi connectivity index (χ2n) is 10.4. The number of carbonyl (C=O) groups is 2. The molecule has 3 N–H and O–H groups in total. The molecule has 0 radical (unpaired) electrons. The Balaban J connectivity index is 1.76. The van der Waals surface area contributed by atoms with Crippen LogP contribution in [0, 0.1) is 0 Å². The van der Waals surface area contributed by atoms with Crippen molar-refractivity contribution in [2.45, 2.75) is 47.6 Å². The number of hydrogen-bond donors (Lipinski definition) is 2. The van der Waals surface area contributed by atoms with Gasteiger partial charge in [-0.2, -0.15) is 74.6 Å². The molecule has 0 saturated carbocycles. The van der Waals surface area contributed by atoms with E-state index in [0.29, 0.717) is 12.1 Å². The van der Waals surface area contributed by atoms with E-state index in [2.05, 4.69) is 5.32 Å². The van der Waals surface area contributed by atoms with Gasteiger partial charge in [0.25, 0.3) is 0 Å². The molecule has 21 heteroatoms. The Morgan fingerprint density at radius 2 is 0.939 bits per heavy atom. The number of anilines is 3. The highest BCUT2D eigenvalue weighted by atomic mass is 19.4. The number of nitrogen functional groups attached to an aromatic ring is 1. The number of nitrogens with one attached hydrogen (secondary N) is 1. The SMILES string of the molecule is Nc1ccc(Nc2cccc(C(F)(F)C(F)(F)C(F)(F)C(F)(F)C(F)(F)C(F)(F)C(F)(F)C(F)(F)F)c2)c2c1C(=O)c1ccccc1C2=O. The van der Waals surface area contributed by atoms with Crippen LogP contribution in [0.5, 0.6) is 0 Å². The smallest absolute Gasteiger partial charge is 0.398 e. The highest BCUT2D eigenvalue weighted by molar-refractivity contribution is 6.31. The lowest BCUT2D eigenvalue weighted by molar-refractivity contribution is -0.462. The average molecular weight is 732 g/mol. The third-order valence-electron chi connectivity index (χ3n) is 7.33. The van der Waals surface area contributed by atoms with E-state index < -0.39 is 87.3 Å². The minimum atomic E-state index is -8.75. The molecule has 1 aliphatic rings. The van der Waals surface area contributed by atoms with Crippen LogP contribution in [0.1, 0.15) is 37.4 Å². The van der Waals surface area contributed by atoms with Gasteiger partial charge in [0.2, 0.25) is 0 Å². The van der Waals surface area contributed by atoms with Crippen molar-refractivity contribution in [1.82, 2.24) is 0 Å². The molecule has 0 aliphatic heterocycles. The van der Waals surface area contributed by atoms with E-state index >= 15 is 0 Å². The molecular formula is C28H13F17N2O2. The van der Waals surface area contributed by atoms with Gasteiger partial charge >= 0.3 is 47.6 Å². The minimum Gasteiger partial charge on any atom is -0.398 e. The van der Waals surface area contributed by atoms with Gasteiger partial charge in [-0.3, -0.25) is 9.59 Å². The number of carbonyl (C=O) groups excluding carboxylic acids is 2. The standard InChI is InChI=1S/C28H13F17N2O2/c29-21(30,22(31,32)23(33,34)24(35,36)25(37,38)26(39,40)27(41,42)28(43,44)45)11-4-3-5-12(10-11)47-16-9-8-15(46)17-18(16)20(49)14-7-2-1-6-13(14)19(17)48/h1-10,47H,46H2. The van der Waals surface area contributed by atoms with E-state index in [0.717, 1.165) is 12.1 Å². The van der Waals surface area contributed by atoms with Crippen molar-refractivity contribution in [2.75, 3.05) is 11.1 Å². The molecule has 3 aromatic carbocycles. The van der Waals surface area contributed by atoms with Gasteiger partial charge in [-0.25, -0.2) is 0 Å². The number of benzene rings is 3. The second kappa shape index (κ2) is 11.0. The van der Waals surface area contributed by atoms with Gasteiger partial charge in [0, 0.05) is 28.1 Å². The Morgan fingerprint density at radius 3 is 1.43 bits per heavy atom. The van der Waals surface area contributed by atoms with Gasteiger partial charge < -0.3 is 11.1 Å². The van der Waals surface area contributed by atoms with Crippen LogP contribution in [0.15, 0.2) is 60.7 Å². The zero-order valence-corrected chi connectivity index (χ0v) is 23.1. The van der Waals surface area contributed by atoms with Crippen LogP contribution in [0.2, 0.25) is 0 Å². The predicted octanol–water partition coefficient (Wildman–Crippen LogP) is 9.25. The number of nitrogens with two attached hydrogens (primary N) is 1. The van der Waals surface area contributed by atoms with Crippen LogP contribution < -0.4 is 11.1 Å². The third kappa shape index (κ3) is 4.97. The molecule has 3 aromatic rings. The highest BCUT2D eigenvalue weighted by Crippen LogP contribution is 2.65. The zero-order valence-electron chi connectivity index (χ0n) is 23.1. The molecule has 0 amide bonds. The first kappa shape index (κ1) is 37.2. The average Bonchev–Trinajstić information content (AvgIpc) is 2.99. The van der Waals surface area contributed by atoms with E-state index in [1.807, 2.05) is 0 Å². The third-order valence-corrected chi connectivity index (χ3v) is 7.33. The Kier molecular flexibility index (Phi) is 8.33. The molecular weight excluding hydrogens is 719 g/mol. The molecule has 0 heterocycles.